The molecule has 3 unspecified atom stereocenters. The second-order valence-corrected chi connectivity index (χ2v) is 6.31. The van der Waals surface area contributed by atoms with E-state index in [0.29, 0.717) is 0 Å². The second-order valence-electron chi connectivity index (χ2n) is 5.05. The third-order valence-corrected chi connectivity index (χ3v) is 5.14. The van der Waals surface area contributed by atoms with E-state index in [-0.39, 0.29) is 0 Å². The lowest BCUT2D eigenvalue weighted by molar-refractivity contribution is 0.472. The number of hydrogen-bond acceptors (Lipinski definition) is 1. The maximum atomic E-state index is 6.07. The predicted molar refractivity (Wildman–Crippen MR) is 76.5 cm³/mol. The van der Waals surface area contributed by atoms with Crippen LogP contribution < -0.4 is 5.32 Å². The van der Waals surface area contributed by atoms with E-state index in [2.05, 4.69) is 39.5 Å². The molecule has 1 N–H and O–H groups in total. The van der Waals surface area contributed by atoms with E-state index in [4.69, 9.17) is 11.6 Å². The van der Waals surface area contributed by atoms with Crippen molar-refractivity contribution in [1.29, 1.82) is 0 Å². The van der Waals surface area contributed by atoms with Gasteiger partial charge < -0.3 is 5.32 Å². The molecule has 1 nitrogen and oxygen atoms in total. The molecule has 0 radical (unpaired) electrons. The van der Waals surface area contributed by atoms with E-state index >= 15 is 0 Å². The van der Waals surface area contributed by atoms with Crippen LogP contribution in [0.3, 0.4) is 0 Å². The fourth-order valence-corrected chi connectivity index (χ4v) is 3.41. The van der Waals surface area contributed by atoms with E-state index < -0.39 is 0 Å². The molecule has 2 aliphatic carbocycles. The lowest BCUT2D eigenvalue weighted by atomic mass is 9.93. The Morgan fingerprint density at radius 1 is 1.29 bits per heavy atom. The fraction of sp³-hybridized carbons (Fsp3) is 0.429. The van der Waals surface area contributed by atoms with Crippen LogP contribution in [0.15, 0.2) is 34.8 Å². The first kappa shape index (κ1) is 11.6. The first-order valence-corrected chi connectivity index (χ1v) is 7.27. The van der Waals surface area contributed by atoms with Gasteiger partial charge >= 0.3 is 0 Å². The third-order valence-electron chi connectivity index (χ3n) is 3.90. The topological polar surface area (TPSA) is 12.0 Å². The number of hydrogen-bond donors (Lipinski definition) is 1. The molecular formula is C14H15BrClN. The van der Waals surface area contributed by atoms with Crippen LogP contribution in [0.5, 0.6) is 0 Å². The molecule has 3 heteroatoms. The van der Waals surface area contributed by atoms with Crippen molar-refractivity contribution in [3.8, 4) is 0 Å². The highest BCUT2D eigenvalue weighted by Crippen LogP contribution is 2.43. The van der Waals surface area contributed by atoms with Crippen LogP contribution in [-0.2, 0) is 0 Å². The molecule has 2 aliphatic rings. The number of anilines is 1. The van der Waals surface area contributed by atoms with Crippen molar-refractivity contribution in [2.45, 2.75) is 12.8 Å². The summed E-state index contributed by atoms with van der Waals surface area (Å²) in [6, 6.07) is 6.04. The van der Waals surface area contributed by atoms with Gasteiger partial charge in [0.1, 0.15) is 0 Å². The minimum atomic E-state index is 0.767. The minimum absolute atomic E-state index is 0.767. The van der Waals surface area contributed by atoms with Crippen molar-refractivity contribution in [3.63, 3.8) is 0 Å². The van der Waals surface area contributed by atoms with Crippen molar-refractivity contribution in [1.82, 2.24) is 0 Å². The zero-order valence-corrected chi connectivity index (χ0v) is 11.8. The Balaban J connectivity index is 1.61. The highest BCUT2D eigenvalue weighted by Gasteiger charge is 2.35. The number of fused-ring (bicyclic) bond motifs is 2. The third kappa shape index (κ3) is 2.38. The Hall–Kier alpha value is -0.470. The summed E-state index contributed by atoms with van der Waals surface area (Å²) in [4.78, 5) is 0. The molecule has 0 aliphatic heterocycles. The fourth-order valence-electron chi connectivity index (χ4n) is 2.98. The summed E-state index contributed by atoms with van der Waals surface area (Å²) in [5, 5.41) is 4.27. The number of halogens is 2. The van der Waals surface area contributed by atoms with Crippen LogP contribution >= 0.6 is 27.5 Å². The molecule has 1 aromatic rings. The van der Waals surface area contributed by atoms with E-state index in [9.17, 15) is 0 Å². The smallest absolute Gasteiger partial charge is 0.0568 e. The number of nitrogens with one attached hydrogen (secondary N) is 1. The van der Waals surface area contributed by atoms with Gasteiger partial charge in [0.05, 0.1) is 5.02 Å². The molecule has 1 aromatic carbocycles. The summed E-state index contributed by atoms with van der Waals surface area (Å²) in [7, 11) is 0. The molecule has 0 heterocycles. The first-order valence-electron chi connectivity index (χ1n) is 6.09. The largest absolute Gasteiger partial charge is 0.385 e. The molecule has 0 aromatic heterocycles. The zero-order valence-electron chi connectivity index (χ0n) is 9.50. The van der Waals surface area contributed by atoms with Gasteiger partial charge in [0.2, 0.25) is 0 Å². The van der Waals surface area contributed by atoms with Gasteiger partial charge in [-0.3, -0.25) is 0 Å². The highest BCUT2D eigenvalue weighted by atomic mass is 79.9. The maximum Gasteiger partial charge on any atom is 0.0568 e. The highest BCUT2D eigenvalue weighted by molar-refractivity contribution is 9.10. The van der Waals surface area contributed by atoms with Crippen molar-refractivity contribution >= 4 is 33.2 Å². The van der Waals surface area contributed by atoms with Gasteiger partial charge in [-0.05, 0) is 64.7 Å². The van der Waals surface area contributed by atoms with Gasteiger partial charge in [-0.25, -0.2) is 0 Å². The van der Waals surface area contributed by atoms with Gasteiger partial charge in [0, 0.05) is 16.7 Å². The summed E-state index contributed by atoms with van der Waals surface area (Å²) in [5.41, 5.74) is 1.12. The Kier molecular flexibility index (Phi) is 3.18. The molecule has 0 saturated heterocycles. The number of allylic oxidation sites excluding steroid dienone is 2. The van der Waals surface area contributed by atoms with Gasteiger partial charge in [-0.2, -0.15) is 0 Å². The molecule has 0 spiro atoms. The Morgan fingerprint density at radius 2 is 2.18 bits per heavy atom. The monoisotopic (exact) mass is 311 g/mol. The average Bonchev–Trinajstić information content (AvgIpc) is 2.92. The van der Waals surface area contributed by atoms with Crippen molar-refractivity contribution in [2.24, 2.45) is 17.8 Å². The SMILES string of the molecule is Clc1cc(NCC2CC3C=CC2C3)ccc1Br. The summed E-state index contributed by atoms with van der Waals surface area (Å²) in [6.07, 6.45) is 7.50. The summed E-state index contributed by atoms with van der Waals surface area (Å²) in [6.45, 7) is 1.06. The molecule has 1 fully saturated rings. The normalized spacial score (nSPS) is 29.9. The lowest BCUT2D eigenvalue weighted by Crippen LogP contribution is -2.18. The van der Waals surface area contributed by atoms with E-state index in [1.165, 1.54) is 12.8 Å². The van der Waals surface area contributed by atoms with Crippen molar-refractivity contribution in [2.75, 3.05) is 11.9 Å². The lowest BCUT2D eigenvalue weighted by Gasteiger charge is -2.19. The Bertz CT molecular complexity index is 458. The van der Waals surface area contributed by atoms with Gasteiger partial charge in [-0.15, -0.1) is 0 Å². The average molecular weight is 313 g/mol. The van der Waals surface area contributed by atoms with Crippen LogP contribution in [0, 0.1) is 17.8 Å². The summed E-state index contributed by atoms with van der Waals surface area (Å²) < 4.78 is 0.951. The van der Waals surface area contributed by atoms with Crippen LogP contribution in [0.25, 0.3) is 0 Å². The van der Waals surface area contributed by atoms with E-state index in [0.717, 1.165) is 39.5 Å². The van der Waals surface area contributed by atoms with Gasteiger partial charge in [0.15, 0.2) is 0 Å². The standard InChI is InChI=1S/C14H15BrClN/c15-13-4-3-12(7-14(13)16)17-8-11-6-9-1-2-10(11)5-9/h1-4,7,9-11,17H,5-6,8H2. The first-order chi connectivity index (χ1) is 8.22. The molecule has 3 atom stereocenters. The van der Waals surface area contributed by atoms with Crippen LogP contribution in [0.2, 0.25) is 5.02 Å². The molecule has 1 saturated carbocycles. The van der Waals surface area contributed by atoms with Crippen LogP contribution in [0.1, 0.15) is 12.8 Å². The quantitative estimate of drug-likeness (QED) is 0.796. The van der Waals surface area contributed by atoms with Crippen molar-refractivity contribution < 1.29 is 0 Å². The number of rotatable bonds is 3. The predicted octanol–water partition coefficient (Wildman–Crippen LogP) is 4.73. The number of benzene rings is 1. The van der Waals surface area contributed by atoms with Gasteiger partial charge in [0.25, 0.3) is 0 Å². The molecular weight excluding hydrogens is 298 g/mol. The van der Waals surface area contributed by atoms with Gasteiger partial charge in [-0.1, -0.05) is 23.8 Å². The maximum absolute atomic E-state index is 6.07. The molecule has 3 rings (SSSR count). The van der Waals surface area contributed by atoms with Crippen molar-refractivity contribution in [3.05, 3.63) is 39.8 Å². The summed E-state index contributed by atoms with van der Waals surface area (Å²) >= 11 is 9.48. The van der Waals surface area contributed by atoms with E-state index in [1.54, 1.807) is 0 Å². The molecule has 90 valence electrons. The van der Waals surface area contributed by atoms with Crippen LogP contribution in [-0.4, -0.2) is 6.54 Å². The molecule has 17 heavy (non-hydrogen) atoms. The van der Waals surface area contributed by atoms with Crippen LogP contribution in [0.4, 0.5) is 5.69 Å². The molecule has 2 bridgehead atoms. The van der Waals surface area contributed by atoms with E-state index in [1.807, 2.05) is 12.1 Å². The minimum Gasteiger partial charge on any atom is -0.385 e. The summed E-state index contributed by atoms with van der Waals surface area (Å²) in [5.74, 6) is 2.45. The Labute approximate surface area is 115 Å². The Morgan fingerprint density at radius 3 is 2.82 bits per heavy atom. The zero-order chi connectivity index (χ0) is 11.8. The second kappa shape index (κ2) is 4.66. The molecule has 0 amide bonds.